The first kappa shape index (κ1) is 26.1. The summed E-state index contributed by atoms with van der Waals surface area (Å²) < 4.78 is 10.8. The number of nitrogens with zero attached hydrogens (tertiary/aromatic N) is 4. The molecule has 4 rings (SSSR count). The number of hydrogen-bond acceptors (Lipinski definition) is 7. The van der Waals surface area contributed by atoms with Gasteiger partial charge in [-0.1, -0.05) is 6.07 Å². The fraction of sp³-hybridized carbons (Fsp3) is 0.464. The molecule has 1 atom stereocenters. The largest absolute Gasteiger partial charge is 0.497 e. The van der Waals surface area contributed by atoms with Crippen molar-refractivity contribution >= 4 is 35.3 Å². The van der Waals surface area contributed by atoms with Gasteiger partial charge in [0.2, 0.25) is 0 Å². The number of aryl methyl sites for hydroxylation is 1. The molecule has 2 aliphatic heterocycles. The fourth-order valence-electron chi connectivity index (χ4n) is 4.89. The van der Waals surface area contributed by atoms with Gasteiger partial charge in [-0.3, -0.25) is 10.0 Å². The number of anilines is 1. The van der Waals surface area contributed by atoms with Crippen LogP contribution >= 0.6 is 11.8 Å². The molecule has 0 aliphatic carbocycles. The Bertz CT molecular complexity index is 1180. The third kappa shape index (κ3) is 4.96. The highest BCUT2D eigenvalue weighted by Crippen LogP contribution is 2.39. The second-order valence-corrected chi connectivity index (χ2v) is 11.1. The number of likely N-dealkylation sites (N-methyl/N-ethyl adjacent to an activating group) is 1. The molecular formula is C28H36N4O3S. The molecule has 8 heteroatoms. The zero-order valence-electron chi connectivity index (χ0n) is 22.1. The monoisotopic (exact) mass is 508 g/mol. The molecule has 0 N–H and O–H groups in total. The van der Waals surface area contributed by atoms with E-state index in [1.807, 2.05) is 30.1 Å². The van der Waals surface area contributed by atoms with Crippen LogP contribution in [0.5, 0.6) is 11.5 Å². The topological polar surface area (TPSA) is 66.7 Å². The van der Waals surface area contributed by atoms with Crippen LogP contribution in [0.25, 0.3) is 0 Å². The van der Waals surface area contributed by atoms with Crippen LogP contribution in [0.1, 0.15) is 50.8 Å². The summed E-state index contributed by atoms with van der Waals surface area (Å²) in [4.78, 5) is 18.9. The number of benzene rings is 2. The highest BCUT2D eigenvalue weighted by molar-refractivity contribution is 8.02. The number of hydrazone groups is 1. The number of fused-ring (bicyclic) bond motifs is 1. The van der Waals surface area contributed by atoms with Gasteiger partial charge in [-0.15, -0.1) is 11.8 Å². The maximum Gasteiger partial charge on any atom is 0.154 e. The second-order valence-electron chi connectivity index (χ2n) is 9.32. The quantitative estimate of drug-likeness (QED) is 0.298. The molecule has 0 amide bonds. The minimum atomic E-state index is -0.273. The van der Waals surface area contributed by atoms with Gasteiger partial charge in [0.15, 0.2) is 6.29 Å². The zero-order chi connectivity index (χ0) is 25.9. The number of aliphatic imine (C=N–C) groups is 1. The fourth-order valence-corrected chi connectivity index (χ4v) is 6.14. The van der Waals surface area contributed by atoms with Gasteiger partial charge in [-0.05, 0) is 75.9 Å². The second kappa shape index (κ2) is 10.9. The first-order chi connectivity index (χ1) is 17.4. The summed E-state index contributed by atoms with van der Waals surface area (Å²) in [5.41, 5.74) is 5.50. The molecule has 0 spiro atoms. The number of carbonyl (C=O) groups excluding carboxylic acids is 1. The van der Waals surface area contributed by atoms with Crippen LogP contribution in [0.15, 0.2) is 46.5 Å². The van der Waals surface area contributed by atoms with Crippen molar-refractivity contribution in [3.05, 3.63) is 53.1 Å². The predicted octanol–water partition coefficient (Wildman–Crippen LogP) is 5.00. The molecule has 1 unspecified atom stereocenters. The standard InChI is InChI=1S/C28H36N4O3S/c1-7-29-27(22-13-12-21(34-5)17-24(22)35-6)31-15-9-10-19-16-20(11-14-23(19)31)26-28(3,4)36-25(18-33)32(8-2)30-26/h11-14,16-18,25H,7-10,15H2,1-6H3. The van der Waals surface area contributed by atoms with Crippen molar-refractivity contribution in [2.45, 2.75) is 50.7 Å². The summed E-state index contributed by atoms with van der Waals surface area (Å²) in [6.45, 7) is 10.6. The Balaban J connectivity index is 1.75. The summed E-state index contributed by atoms with van der Waals surface area (Å²) in [6, 6.07) is 12.5. The van der Waals surface area contributed by atoms with Gasteiger partial charge in [-0.2, -0.15) is 5.10 Å². The van der Waals surface area contributed by atoms with Crippen molar-refractivity contribution in [1.82, 2.24) is 5.01 Å². The molecular weight excluding hydrogens is 472 g/mol. The van der Waals surface area contributed by atoms with E-state index in [4.69, 9.17) is 19.6 Å². The Morgan fingerprint density at radius 2 is 2.00 bits per heavy atom. The van der Waals surface area contributed by atoms with Gasteiger partial charge in [0, 0.05) is 31.4 Å². The number of ether oxygens (including phenoxy) is 2. The number of carbonyl (C=O) groups is 1. The van der Waals surface area contributed by atoms with E-state index in [1.165, 1.54) is 5.56 Å². The number of rotatable bonds is 7. The van der Waals surface area contributed by atoms with E-state index < -0.39 is 0 Å². The molecule has 0 radical (unpaired) electrons. The number of hydrogen-bond donors (Lipinski definition) is 0. The molecule has 36 heavy (non-hydrogen) atoms. The van der Waals surface area contributed by atoms with E-state index in [-0.39, 0.29) is 10.1 Å². The van der Waals surface area contributed by atoms with E-state index in [2.05, 4.69) is 43.9 Å². The average Bonchev–Trinajstić information content (AvgIpc) is 2.90. The van der Waals surface area contributed by atoms with Crippen molar-refractivity contribution in [2.75, 3.05) is 38.8 Å². The number of thioether (sulfide) groups is 1. The Morgan fingerprint density at radius 1 is 1.19 bits per heavy atom. The lowest BCUT2D eigenvalue weighted by Crippen LogP contribution is -2.44. The highest BCUT2D eigenvalue weighted by atomic mass is 32.2. The normalized spacial score (nSPS) is 19.4. The third-order valence-corrected chi connectivity index (χ3v) is 8.01. The van der Waals surface area contributed by atoms with Crippen LogP contribution in [0.3, 0.4) is 0 Å². The van der Waals surface area contributed by atoms with Crippen LogP contribution in [0.4, 0.5) is 5.69 Å². The Hall–Kier alpha value is -3.00. The number of methoxy groups -OCH3 is 2. The van der Waals surface area contributed by atoms with Gasteiger partial charge in [0.25, 0.3) is 0 Å². The van der Waals surface area contributed by atoms with Crippen molar-refractivity contribution < 1.29 is 14.3 Å². The number of aldehydes is 1. The van der Waals surface area contributed by atoms with Crippen LogP contribution < -0.4 is 14.4 Å². The van der Waals surface area contributed by atoms with Crippen molar-refractivity contribution in [2.24, 2.45) is 10.1 Å². The minimum absolute atomic E-state index is 0.255. The van der Waals surface area contributed by atoms with Gasteiger partial charge >= 0.3 is 0 Å². The Kier molecular flexibility index (Phi) is 7.93. The first-order valence-electron chi connectivity index (χ1n) is 12.5. The lowest BCUT2D eigenvalue weighted by Gasteiger charge is -2.39. The summed E-state index contributed by atoms with van der Waals surface area (Å²) in [6.07, 6.45) is 3.01. The Labute approximate surface area is 218 Å². The zero-order valence-corrected chi connectivity index (χ0v) is 22.9. The van der Waals surface area contributed by atoms with Crippen molar-refractivity contribution in [3.63, 3.8) is 0 Å². The summed E-state index contributed by atoms with van der Waals surface area (Å²) >= 11 is 1.65. The van der Waals surface area contributed by atoms with Gasteiger partial charge in [0.1, 0.15) is 22.7 Å². The molecule has 0 aromatic heterocycles. The van der Waals surface area contributed by atoms with Crippen LogP contribution in [-0.2, 0) is 11.2 Å². The summed E-state index contributed by atoms with van der Waals surface area (Å²) in [7, 11) is 3.33. The average molecular weight is 509 g/mol. The SMILES string of the molecule is CCN=C(c1ccc(OC)cc1OC)N1CCCc2cc(C3=NN(CC)C(C=O)SC3(C)C)ccc21. The lowest BCUT2D eigenvalue weighted by atomic mass is 9.93. The maximum atomic E-state index is 11.6. The maximum absolute atomic E-state index is 11.6. The Morgan fingerprint density at radius 3 is 2.67 bits per heavy atom. The highest BCUT2D eigenvalue weighted by Gasteiger charge is 2.38. The molecule has 2 aromatic carbocycles. The van der Waals surface area contributed by atoms with Crippen LogP contribution in [-0.4, -0.2) is 66.8 Å². The number of amidine groups is 1. The van der Waals surface area contributed by atoms with E-state index in [9.17, 15) is 4.79 Å². The molecule has 7 nitrogen and oxygen atoms in total. The third-order valence-electron chi connectivity index (χ3n) is 6.63. The van der Waals surface area contributed by atoms with Crippen molar-refractivity contribution in [1.29, 1.82) is 0 Å². The molecule has 192 valence electrons. The molecule has 2 heterocycles. The summed E-state index contributed by atoms with van der Waals surface area (Å²) in [5, 5.41) is 6.55. The van der Waals surface area contributed by atoms with E-state index in [0.717, 1.165) is 65.5 Å². The van der Waals surface area contributed by atoms with E-state index >= 15 is 0 Å². The molecule has 0 bridgehead atoms. The molecule has 0 saturated carbocycles. The van der Waals surface area contributed by atoms with Gasteiger partial charge in [0.05, 0.1) is 30.2 Å². The van der Waals surface area contributed by atoms with Crippen LogP contribution in [0, 0.1) is 0 Å². The van der Waals surface area contributed by atoms with Gasteiger partial charge < -0.3 is 19.2 Å². The van der Waals surface area contributed by atoms with Crippen molar-refractivity contribution in [3.8, 4) is 11.5 Å². The smallest absolute Gasteiger partial charge is 0.154 e. The summed E-state index contributed by atoms with van der Waals surface area (Å²) in [5.74, 6) is 2.40. The first-order valence-corrected chi connectivity index (χ1v) is 13.4. The minimum Gasteiger partial charge on any atom is -0.497 e. The molecule has 2 aromatic rings. The lowest BCUT2D eigenvalue weighted by molar-refractivity contribution is -0.109. The molecule has 0 saturated heterocycles. The van der Waals surface area contributed by atoms with Crippen LogP contribution in [0.2, 0.25) is 0 Å². The molecule has 2 aliphatic rings. The van der Waals surface area contributed by atoms with E-state index in [0.29, 0.717) is 13.1 Å². The predicted molar refractivity (Wildman–Crippen MR) is 149 cm³/mol. The van der Waals surface area contributed by atoms with E-state index in [1.54, 1.807) is 26.0 Å². The molecule has 0 fully saturated rings. The van der Waals surface area contributed by atoms with Gasteiger partial charge in [-0.25, -0.2) is 0 Å².